The summed E-state index contributed by atoms with van der Waals surface area (Å²) in [6, 6.07) is 0.568. The first-order valence-corrected chi connectivity index (χ1v) is 8.80. The van der Waals surface area contributed by atoms with E-state index < -0.39 is 0 Å². The van der Waals surface area contributed by atoms with Gasteiger partial charge in [-0.05, 0) is 50.4 Å². The van der Waals surface area contributed by atoms with Crippen molar-refractivity contribution in [2.45, 2.75) is 70.6 Å². The molecule has 0 aromatic heterocycles. The maximum atomic E-state index is 6.24. The summed E-state index contributed by atoms with van der Waals surface area (Å²) in [7, 11) is 0. The molecule has 3 aliphatic rings. The van der Waals surface area contributed by atoms with Crippen LogP contribution >= 0.6 is 0 Å². The van der Waals surface area contributed by atoms with Crippen LogP contribution in [0.2, 0.25) is 0 Å². The van der Waals surface area contributed by atoms with E-state index >= 15 is 0 Å². The monoisotopic (exact) mass is 280 g/mol. The van der Waals surface area contributed by atoms with Gasteiger partial charge in [-0.2, -0.15) is 0 Å². The summed E-state index contributed by atoms with van der Waals surface area (Å²) in [5.74, 6) is 2.02. The largest absolute Gasteiger partial charge is 0.372 e. The molecule has 3 fully saturated rings. The third-order valence-corrected chi connectivity index (χ3v) is 4.84. The SMILES string of the molecule is CC(C)NCC1CCC(CN(CC2CC2)CC2CC2)O1. The quantitative estimate of drug-likeness (QED) is 0.703. The second-order valence-electron chi connectivity index (χ2n) is 7.63. The second kappa shape index (κ2) is 6.76. The third kappa shape index (κ3) is 5.01. The van der Waals surface area contributed by atoms with E-state index in [9.17, 15) is 0 Å². The molecule has 2 unspecified atom stereocenters. The van der Waals surface area contributed by atoms with Crippen molar-refractivity contribution in [3.05, 3.63) is 0 Å². The van der Waals surface area contributed by atoms with Gasteiger partial charge in [0.25, 0.3) is 0 Å². The standard InChI is InChI=1S/C17H32N2O/c1-13(2)18-9-16-7-8-17(20-16)12-19(10-14-3-4-14)11-15-5-6-15/h13-18H,3-12H2,1-2H3. The van der Waals surface area contributed by atoms with Gasteiger partial charge in [0.05, 0.1) is 12.2 Å². The van der Waals surface area contributed by atoms with Crippen molar-refractivity contribution in [2.75, 3.05) is 26.2 Å². The zero-order chi connectivity index (χ0) is 13.9. The summed E-state index contributed by atoms with van der Waals surface area (Å²) >= 11 is 0. The topological polar surface area (TPSA) is 24.5 Å². The fourth-order valence-electron chi connectivity index (χ4n) is 3.27. The lowest BCUT2D eigenvalue weighted by atomic mass is 10.1. The molecule has 0 spiro atoms. The Morgan fingerprint density at radius 2 is 1.50 bits per heavy atom. The van der Waals surface area contributed by atoms with Crippen LogP contribution in [0.15, 0.2) is 0 Å². The smallest absolute Gasteiger partial charge is 0.0707 e. The zero-order valence-corrected chi connectivity index (χ0v) is 13.3. The van der Waals surface area contributed by atoms with E-state index in [1.807, 2.05) is 0 Å². The van der Waals surface area contributed by atoms with Crippen LogP contribution in [0, 0.1) is 11.8 Å². The van der Waals surface area contributed by atoms with Gasteiger partial charge < -0.3 is 15.0 Å². The Balaban J connectivity index is 1.38. The van der Waals surface area contributed by atoms with Gasteiger partial charge in [-0.1, -0.05) is 13.8 Å². The molecule has 2 atom stereocenters. The van der Waals surface area contributed by atoms with E-state index in [2.05, 4.69) is 24.1 Å². The second-order valence-corrected chi connectivity index (χ2v) is 7.63. The molecule has 3 heteroatoms. The molecule has 1 saturated heterocycles. The normalized spacial score (nSPS) is 30.6. The molecule has 0 amide bonds. The van der Waals surface area contributed by atoms with Gasteiger partial charge >= 0.3 is 0 Å². The first-order chi connectivity index (χ1) is 9.69. The summed E-state index contributed by atoms with van der Waals surface area (Å²) in [6.07, 6.45) is 9.31. The highest BCUT2D eigenvalue weighted by molar-refractivity contribution is 4.85. The molecule has 3 rings (SSSR count). The van der Waals surface area contributed by atoms with Crippen LogP contribution in [0.4, 0.5) is 0 Å². The summed E-state index contributed by atoms with van der Waals surface area (Å²) in [5.41, 5.74) is 0. The summed E-state index contributed by atoms with van der Waals surface area (Å²) in [4.78, 5) is 2.72. The minimum Gasteiger partial charge on any atom is -0.372 e. The van der Waals surface area contributed by atoms with Crippen LogP contribution in [0.5, 0.6) is 0 Å². The molecule has 0 aromatic carbocycles. The first-order valence-electron chi connectivity index (χ1n) is 8.80. The highest BCUT2D eigenvalue weighted by atomic mass is 16.5. The number of hydrogen-bond acceptors (Lipinski definition) is 3. The van der Waals surface area contributed by atoms with E-state index in [4.69, 9.17) is 4.74 Å². The zero-order valence-electron chi connectivity index (χ0n) is 13.3. The highest BCUT2D eigenvalue weighted by Crippen LogP contribution is 2.34. The van der Waals surface area contributed by atoms with Crippen molar-refractivity contribution in [3.63, 3.8) is 0 Å². The Morgan fingerprint density at radius 3 is 2.05 bits per heavy atom. The van der Waals surface area contributed by atoms with Crippen molar-refractivity contribution in [1.82, 2.24) is 10.2 Å². The fourth-order valence-corrected chi connectivity index (χ4v) is 3.27. The van der Waals surface area contributed by atoms with Crippen LogP contribution < -0.4 is 5.32 Å². The minimum absolute atomic E-state index is 0.450. The maximum absolute atomic E-state index is 6.24. The molecule has 2 aliphatic carbocycles. The number of nitrogens with zero attached hydrogens (tertiary/aromatic N) is 1. The Bertz CT molecular complexity index is 285. The van der Waals surface area contributed by atoms with Gasteiger partial charge in [-0.3, -0.25) is 0 Å². The van der Waals surface area contributed by atoms with Gasteiger partial charge in [0.15, 0.2) is 0 Å². The van der Waals surface area contributed by atoms with Crippen LogP contribution in [0.1, 0.15) is 52.4 Å². The molecule has 0 bridgehead atoms. The van der Waals surface area contributed by atoms with E-state index in [1.165, 1.54) is 58.2 Å². The van der Waals surface area contributed by atoms with Crippen molar-refractivity contribution in [3.8, 4) is 0 Å². The first kappa shape index (κ1) is 14.8. The molecule has 116 valence electrons. The number of hydrogen-bond donors (Lipinski definition) is 1. The summed E-state index contributed by atoms with van der Waals surface area (Å²) < 4.78 is 6.24. The Hall–Kier alpha value is -0.120. The summed E-state index contributed by atoms with van der Waals surface area (Å²) in [5, 5.41) is 3.51. The van der Waals surface area contributed by atoms with Crippen molar-refractivity contribution >= 4 is 0 Å². The van der Waals surface area contributed by atoms with Crippen LogP contribution in [0.25, 0.3) is 0 Å². The molecule has 0 aromatic rings. The lowest BCUT2D eigenvalue weighted by Gasteiger charge is -2.26. The molecule has 1 N–H and O–H groups in total. The van der Waals surface area contributed by atoms with Crippen LogP contribution in [-0.2, 0) is 4.74 Å². The van der Waals surface area contributed by atoms with Crippen LogP contribution in [-0.4, -0.2) is 49.3 Å². The molecule has 1 heterocycles. The predicted octanol–water partition coefficient (Wildman–Crippen LogP) is 2.65. The van der Waals surface area contributed by atoms with Crippen LogP contribution in [0.3, 0.4) is 0 Å². The van der Waals surface area contributed by atoms with Crippen molar-refractivity contribution in [2.24, 2.45) is 11.8 Å². The van der Waals surface area contributed by atoms with Gasteiger partial charge in [0, 0.05) is 32.2 Å². The average molecular weight is 280 g/mol. The Kier molecular flexibility index (Phi) is 5.00. The van der Waals surface area contributed by atoms with Gasteiger partial charge in [0.1, 0.15) is 0 Å². The number of rotatable bonds is 9. The molecule has 20 heavy (non-hydrogen) atoms. The molecule has 2 saturated carbocycles. The fraction of sp³-hybridized carbons (Fsp3) is 1.00. The van der Waals surface area contributed by atoms with Gasteiger partial charge in [0.2, 0.25) is 0 Å². The summed E-state index contributed by atoms with van der Waals surface area (Å²) in [6.45, 7) is 9.31. The van der Waals surface area contributed by atoms with Crippen molar-refractivity contribution < 1.29 is 4.74 Å². The minimum atomic E-state index is 0.450. The molecule has 1 aliphatic heterocycles. The number of nitrogens with one attached hydrogen (secondary N) is 1. The number of ether oxygens (including phenoxy) is 1. The molecular weight excluding hydrogens is 248 g/mol. The van der Waals surface area contributed by atoms with E-state index in [-0.39, 0.29) is 0 Å². The lowest BCUT2D eigenvalue weighted by Crippen LogP contribution is -2.37. The Morgan fingerprint density at radius 1 is 0.900 bits per heavy atom. The van der Waals surface area contributed by atoms with E-state index in [1.54, 1.807) is 0 Å². The maximum Gasteiger partial charge on any atom is 0.0707 e. The van der Waals surface area contributed by atoms with Crippen molar-refractivity contribution in [1.29, 1.82) is 0 Å². The van der Waals surface area contributed by atoms with E-state index in [0.717, 1.165) is 18.4 Å². The highest BCUT2D eigenvalue weighted by Gasteiger charge is 2.32. The third-order valence-electron chi connectivity index (χ3n) is 4.84. The average Bonchev–Trinajstić information content (AvgIpc) is 3.31. The predicted molar refractivity (Wildman–Crippen MR) is 82.9 cm³/mol. The molecular formula is C17H32N2O. The van der Waals surface area contributed by atoms with Gasteiger partial charge in [-0.15, -0.1) is 0 Å². The lowest BCUT2D eigenvalue weighted by molar-refractivity contribution is 0.0209. The Labute approximate surface area is 124 Å². The molecule has 0 radical (unpaired) electrons. The van der Waals surface area contributed by atoms with E-state index in [0.29, 0.717) is 18.2 Å². The molecule has 3 nitrogen and oxygen atoms in total. The van der Waals surface area contributed by atoms with Gasteiger partial charge in [-0.25, -0.2) is 0 Å².